The number of nitriles is 1. The van der Waals surface area contributed by atoms with Crippen LogP contribution in [-0.4, -0.2) is 14.2 Å². The molecule has 3 aromatic carbocycles. The van der Waals surface area contributed by atoms with E-state index in [0.29, 0.717) is 22.1 Å². The number of halogens is 1. The van der Waals surface area contributed by atoms with Crippen molar-refractivity contribution >= 4 is 34.0 Å². The predicted octanol–water partition coefficient (Wildman–Crippen LogP) is 5.57. The van der Waals surface area contributed by atoms with E-state index in [9.17, 15) is 5.26 Å². The van der Waals surface area contributed by atoms with E-state index in [1.54, 1.807) is 25.3 Å². The van der Waals surface area contributed by atoms with Crippen molar-refractivity contribution in [2.75, 3.05) is 14.2 Å². The largest absolute Gasteiger partial charge is 0.493 e. The standard InChI is InChI=1S/C21H16ClNO2/c1-24-20-12-14(11-19(22)21(20)25-2)10-16(13-23)18-9-5-7-15-6-3-4-8-17(15)18/h3-12H,1-2H3/b16-10+. The summed E-state index contributed by atoms with van der Waals surface area (Å²) in [6.45, 7) is 0. The van der Waals surface area contributed by atoms with Crippen LogP contribution in [0.3, 0.4) is 0 Å². The van der Waals surface area contributed by atoms with Crippen molar-refractivity contribution in [3.05, 3.63) is 70.7 Å². The van der Waals surface area contributed by atoms with Crippen LogP contribution in [0.2, 0.25) is 5.02 Å². The molecule has 0 aliphatic heterocycles. The monoisotopic (exact) mass is 349 g/mol. The SMILES string of the molecule is COc1cc(/C=C(\C#N)c2cccc3ccccc23)cc(Cl)c1OC. The first-order valence-corrected chi connectivity index (χ1v) is 8.07. The van der Waals surface area contributed by atoms with E-state index in [0.717, 1.165) is 21.9 Å². The van der Waals surface area contributed by atoms with Crippen molar-refractivity contribution in [3.63, 3.8) is 0 Å². The van der Waals surface area contributed by atoms with Gasteiger partial charge in [-0.05, 0) is 34.5 Å². The summed E-state index contributed by atoms with van der Waals surface area (Å²) in [5, 5.41) is 12.2. The van der Waals surface area contributed by atoms with Crippen LogP contribution in [0, 0.1) is 11.3 Å². The van der Waals surface area contributed by atoms with Gasteiger partial charge in [0.05, 0.1) is 30.9 Å². The van der Waals surface area contributed by atoms with Crippen molar-refractivity contribution in [2.45, 2.75) is 0 Å². The zero-order valence-corrected chi connectivity index (χ0v) is 14.7. The zero-order chi connectivity index (χ0) is 17.8. The molecule has 0 atom stereocenters. The highest BCUT2D eigenvalue weighted by atomic mass is 35.5. The molecule has 0 bridgehead atoms. The summed E-state index contributed by atoms with van der Waals surface area (Å²) in [5.74, 6) is 1.00. The van der Waals surface area contributed by atoms with Gasteiger partial charge in [0, 0.05) is 5.56 Å². The molecule has 0 fully saturated rings. The predicted molar refractivity (Wildman–Crippen MR) is 102 cm³/mol. The lowest BCUT2D eigenvalue weighted by Gasteiger charge is -2.11. The molecule has 0 unspecified atom stereocenters. The molecule has 4 heteroatoms. The lowest BCUT2D eigenvalue weighted by molar-refractivity contribution is 0.355. The van der Waals surface area contributed by atoms with Crippen molar-refractivity contribution < 1.29 is 9.47 Å². The minimum atomic E-state index is 0.434. The van der Waals surface area contributed by atoms with E-state index in [1.165, 1.54) is 7.11 Å². The third kappa shape index (κ3) is 3.31. The minimum Gasteiger partial charge on any atom is -0.493 e. The lowest BCUT2D eigenvalue weighted by Crippen LogP contribution is -1.92. The number of benzene rings is 3. The van der Waals surface area contributed by atoms with Gasteiger partial charge in [-0.15, -0.1) is 0 Å². The fourth-order valence-corrected chi connectivity index (χ4v) is 3.11. The maximum absolute atomic E-state index is 9.69. The molecule has 0 spiro atoms. The fraction of sp³-hybridized carbons (Fsp3) is 0.0952. The molecule has 3 rings (SSSR count). The Labute approximate surface area is 151 Å². The van der Waals surface area contributed by atoms with Crippen LogP contribution in [0.25, 0.3) is 22.4 Å². The Morgan fingerprint density at radius 3 is 2.52 bits per heavy atom. The van der Waals surface area contributed by atoms with Gasteiger partial charge in [-0.1, -0.05) is 54.1 Å². The number of hydrogen-bond donors (Lipinski definition) is 0. The second-order valence-electron chi connectivity index (χ2n) is 5.43. The Kier molecular flexibility index (Phi) is 4.92. The molecule has 0 saturated carbocycles. The molecular formula is C21H16ClNO2. The van der Waals surface area contributed by atoms with E-state index in [2.05, 4.69) is 6.07 Å². The Balaban J connectivity index is 2.16. The van der Waals surface area contributed by atoms with Crippen LogP contribution in [0.15, 0.2) is 54.6 Å². The molecule has 0 N–H and O–H groups in total. The van der Waals surface area contributed by atoms with Crippen LogP contribution < -0.4 is 9.47 Å². The van der Waals surface area contributed by atoms with Gasteiger partial charge in [-0.2, -0.15) is 5.26 Å². The molecule has 0 aliphatic carbocycles. The second kappa shape index (κ2) is 7.29. The van der Waals surface area contributed by atoms with E-state index >= 15 is 0 Å². The number of methoxy groups -OCH3 is 2. The smallest absolute Gasteiger partial charge is 0.179 e. The molecular weight excluding hydrogens is 334 g/mol. The van der Waals surface area contributed by atoms with Crippen LogP contribution in [0.5, 0.6) is 11.5 Å². The van der Waals surface area contributed by atoms with Crippen molar-refractivity contribution in [2.24, 2.45) is 0 Å². The molecule has 0 radical (unpaired) electrons. The molecule has 3 nitrogen and oxygen atoms in total. The zero-order valence-electron chi connectivity index (χ0n) is 13.9. The van der Waals surface area contributed by atoms with E-state index in [4.69, 9.17) is 21.1 Å². The normalized spacial score (nSPS) is 11.2. The topological polar surface area (TPSA) is 42.2 Å². The summed E-state index contributed by atoms with van der Waals surface area (Å²) in [6.07, 6.45) is 1.80. The van der Waals surface area contributed by atoms with E-state index in [1.807, 2.05) is 42.5 Å². The molecule has 0 saturated heterocycles. The number of ether oxygens (including phenoxy) is 2. The van der Waals surface area contributed by atoms with Gasteiger partial charge < -0.3 is 9.47 Å². The Morgan fingerprint density at radius 2 is 1.80 bits per heavy atom. The molecule has 25 heavy (non-hydrogen) atoms. The first-order valence-electron chi connectivity index (χ1n) is 7.69. The van der Waals surface area contributed by atoms with Crippen LogP contribution in [0.4, 0.5) is 0 Å². The maximum atomic E-state index is 9.69. The van der Waals surface area contributed by atoms with Crippen molar-refractivity contribution in [1.82, 2.24) is 0 Å². The Hall–Kier alpha value is -2.96. The van der Waals surface area contributed by atoms with Crippen LogP contribution in [-0.2, 0) is 0 Å². The summed E-state index contributed by atoms with van der Waals surface area (Å²) in [6, 6.07) is 19.8. The lowest BCUT2D eigenvalue weighted by atomic mass is 9.97. The van der Waals surface area contributed by atoms with Gasteiger partial charge in [-0.25, -0.2) is 0 Å². The number of nitrogens with zero attached hydrogens (tertiary/aromatic N) is 1. The average molecular weight is 350 g/mol. The van der Waals surface area contributed by atoms with Gasteiger partial charge in [0.25, 0.3) is 0 Å². The maximum Gasteiger partial charge on any atom is 0.179 e. The van der Waals surface area contributed by atoms with Gasteiger partial charge in [-0.3, -0.25) is 0 Å². The summed E-state index contributed by atoms with van der Waals surface area (Å²) in [7, 11) is 3.09. The molecule has 3 aromatic rings. The third-order valence-electron chi connectivity index (χ3n) is 3.97. The van der Waals surface area contributed by atoms with Crippen molar-refractivity contribution in [3.8, 4) is 17.6 Å². The number of rotatable bonds is 4. The number of hydrogen-bond acceptors (Lipinski definition) is 3. The molecule has 0 amide bonds. The summed E-state index contributed by atoms with van der Waals surface area (Å²) < 4.78 is 10.6. The van der Waals surface area contributed by atoms with Gasteiger partial charge in [0.2, 0.25) is 0 Å². The van der Waals surface area contributed by atoms with E-state index in [-0.39, 0.29) is 0 Å². The molecule has 0 aliphatic rings. The minimum absolute atomic E-state index is 0.434. The van der Waals surface area contributed by atoms with Crippen LogP contribution >= 0.6 is 11.6 Å². The first kappa shape index (κ1) is 16.9. The van der Waals surface area contributed by atoms with Crippen molar-refractivity contribution in [1.29, 1.82) is 5.26 Å². The van der Waals surface area contributed by atoms with E-state index < -0.39 is 0 Å². The average Bonchev–Trinajstić information content (AvgIpc) is 2.65. The summed E-state index contributed by atoms with van der Waals surface area (Å²) in [5.41, 5.74) is 2.21. The van der Waals surface area contributed by atoms with Gasteiger partial charge in [0.1, 0.15) is 0 Å². The number of allylic oxidation sites excluding steroid dienone is 1. The van der Waals surface area contributed by atoms with Crippen LogP contribution in [0.1, 0.15) is 11.1 Å². The fourth-order valence-electron chi connectivity index (χ4n) is 2.82. The Morgan fingerprint density at radius 1 is 1.04 bits per heavy atom. The highest BCUT2D eigenvalue weighted by molar-refractivity contribution is 6.32. The Bertz CT molecular complexity index is 997. The molecule has 124 valence electrons. The summed E-state index contributed by atoms with van der Waals surface area (Å²) in [4.78, 5) is 0. The molecule has 0 aromatic heterocycles. The first-order chi connectivity index (χ1) is 12.2. The molecule has 0 heterocycles. The van der Waals surface area contributed by atoms with Gasteiger partial charge in [0.15, 0.2) is 11.5 Å². The van der Waals surface area contributed by atoms with Gasteiger partial charge >= 0.3 is 0 Å². The highest BCUT2D eigenvalue weighted by Crippen LogP contribution is 2.37. The summed E-state index contributed by atoms with van der Waals surface area (Å²) >= 11 is 6.26. The highest BCUT2D eigenvalue weighted by Gasteiger charge is 2.12. The quantitative estimate of drug-likeness (QED) is 0.456. The number of fused-ring (bicyclic) bond motifs is 1. The second-order valence-corrected chi connectivity index (χ2v) is 5.84. The third-order valence-corrected chi connectivity index (χ3v) is 4.25.